The Bertz CT molecular complexity index is 862. The number of aromatic nitrogens is 3. The Labute approximate surface area is 152 Å². The van der Waals surface area contributed by atoms with Crippen molar-refractivity contribution in [2.75, 3.05) is 0 Å². The highest BCUT2D eigenvalue weighted by Gasteiger charge is 2.40. The summed E-state index contributed by atoms with van der Waals surface area (Å²) in [6.07, 6.45) is 3.63. The van der Waals surface area contributed by atoms with Gasteiger partial charge >= 0.3 is 0 Å². The van der Waals surface area contributed by atoms with E-state index in [1.54, 1.807) is 0 Å². The van der Waals surface area contributed by atoms with Crippen molar-refractivity contribution < 1.29 is 0 Å². The first-order chi connectivity index (χ1) is 12.2. The molecule has 0 aromatic carbocycles. The average Bonchev–Trinajstić information content (AvgIpc) is 3.20. The topological polar surface area (TPSA) is 56.8 Å². The van der Waals surface area contributed by atoms with Gasteiger partial charge in [-0.25, -0.2) is 0 Å². The third kappa shape index (κ3) is 3.13. The van der Waals surface area contributed by atoms with Crippen LogP contribution < -0.4 is 5.32 Å². The molecule has 1 fully saturated rings. The highest BCUT2D eigenvalue weighted by Crippen LogP contribution is 2.38. The molecule has 0 saturated carbocycles. The predicted octanol–water partition coefficient (Wildman–Crippen LogP) is 3.29. The van der Waals surface area contributed by atoms with Crippen LogP contribution in [-0.2, 0) is 6.54 Å². The Morgan fingerprint density at radius 2 is 1.84 bits per heavy atom. The van der Waals surface area contributed by atoms with Gasteiger partial charge in [0.1, 0.15) is 0 Å². The van der Waals surface area contributed by atoms with Crippen LogP contribution in [0.15, 0.2) is 60.9 Å². The van der Waals surface area contributed by atoms with Crippen LogP contribution in [-0.4, -0.2) is 25.0 Å². The molecule has 4 rings (SSSR count). The van der Waals surface area contributed by atoms with Crippen LogP contribution in [0.2, 0.25) is 0 Å². The molecule has 2 atom stereocenters. The second-order valence-electron chi connectivity index (χ2n) is 6.17. The lowest BCUT2D eigenvalue weighted by Crippen LogP contribution is -2.29. The van der Waals surface area contributed by atoms with Gasteiger partial charge in [0.15, 0.2) is 5.11 Å². The molecule has 25 heavy (non-hydrogen) atoms. The first-order valence-electron chi connectivity index (χ1n) is 8.26. The zero-order valence-electron chi connectivity index (χ0n) is 13.9. The van der Waals surface area contributed by atoms with Crippen molar-refractivity contribution in [3.05, 3.63) is 83.7 Å². The molecular formula is C19H19N5S. The SMILES string of the molecule is Cc1ccc([C@H]2[C@H](c3ccccn3)NC(=S)N2Cc2ccccn2)[nH]1. The summed E-state index contributed by atoms with van der Waals surface area (Å²) in [5.41, 5.74) is 4.22. The Balaban J connectivity index is 1.72. The van der Waals surface area contributed by atoms with Gasteiger partial charge in [-0.3, -0.25) is 9.97 Å². The molecule has 6 heteroatoms. The second kappa shape index (κ2) is 6.64. The number of thiocarbonyl (C=S) groups is 1. The van der Waals surface area contributed by atoms with E-state index in [4.69, 9.17) is 12.2 Å². The van der Waals surface area contributed by atoms with E-state index in [2.05, 4.69) is 44.2 Å². The lowest BCUT2D eigenvalue weighted by atomic mass is 10.0. The molecule has 0 amide bonds. The fraction of sp³-hybridized carbons (Fsp3) is 0.211. The monoisotopic (exact) mass is 349 g/mol. The van der Waals surface area contributed by atoms with Crippen LogP contribution in [0, 0.1) is 6.92 Å². The van der Waals surface area contributed by atoms with E-state index in [9.17, 15) is 0 Å². The largest absolute Gasteiger partial charge is 0.361 e. The molecule has 0 spiro atoms. The third-order valence-corrected chi connectivity index (χ3v) is 4.78. The van der Waals surface area contributed by atoms with Crippen LogP contribution in [0.1, 0.15) is 34.9 Å². The maximum atomic E-state index is 5.65. The van der Waals surface area contributed by atoms with E-state index < -0.39 is 0 Å². The van der Waals surface area contributed by atoms with Gasteiger partial charge in [0.2, 0.25) is 0 Å². The minimum absolute atomic E-state index is 0.00420. The Morgan fingerprint density at radius 3 is 2.48 bits per heavy atom. The van der Waals surface area contributed by atoms with Crippen LogP contribution in [0.5, 0.6) is 0 Å². The van der Waals surface area contributed by atoms with Crippen molar-refractivity contribution in [2.24, 2.45) is 0 Å². The smallest absolute Gasteiger partial charge is 0.170 e. The molecule has 5 nitrogen and oxygen atoms in total. The molecule has 0 bridgehead atoms. The minimum atomic E-state index is -0.00420. The number of aromatic amines is 1. The van der Waals surface area contributed by atoms with E-state index in [1.165, 1.54) is 0 Å². The van der Waals surface area contributed by atoms with Gasteiger partial charge in [-0.15, -0.1) is 0 Å². The number of hydrogen-bond acceptors (Lipinski definition) is 3. The van der Waals surface area contributed by atoms with E-state index >= 15 is 0 Å². The molecule has 0 aliphatic carbocycles. The highest BCUT2D eigenvalue weighted by molar-refractivity contribution is 7.80. The first-order valence-corrected chi connectivity index (χ1v) is 8.66. The molecule has 3 aromatic rings. The Morgan fingerprint density at radius 1 is 1.04 bits per heavy atom. The van der Waals surface area contributed by atoms with Gasteiger partial charge in [-0.1, -0.05) is 12.1 Å². The van der Waals surface area contributed by atoms with Gasteiger partial charge < -0.3 is 15.2 Å². The van der Waals surface area contributed by atoms with Gasteiger partial charge in [0, 0.05) is 23.8 Å². The average molecular weight is 349 g/mol. The predicted molar refractivity (Wildman–Crippen MR) is 101 cm³/mol. The zero-order valence-corrected chi connectivity index (χ0v) is 14.7. The molecule has 4 heterocycles. The van der Waals surface area contributed by atoms with Gasteiger partial charge in [0.05, 0.1) is 30.0 Å². The number of nitrogens with zero attached hydrogens (tertiary/aromatic N) is 3. The van der Waals surface area contributed by atoms with Crippen molar-refractivity contribution in [1.82, 2.24) is 25.2 Å². The van der Waals surface area contributed by atoms with E-state index in [0.29, 0.717) is 6.54 Å². The van der Waals surface area contributed by atoms with Crippen LogP contribution in [0.4, 0.5) is 0 Å². The van der Waals surface area contributed by atoms with Crippen LogP contribution in [0.3, 0.4) is 0 Å². The normalized spacial score (nSPS) is 19.9. The van der Waals surface area contributed by atoms with Crippen molar-refractivity contribution in [3.8, 4) is 0 Å². The lowest BCUT2D eigenvalue weighted by molar-refractivity contribution is 0.303. The quantitative estimate of drug-likeness (QED) is 0.708. The summed E-state index contributed by atoms with van der Waals surface area (Å²) in [5.74, 6) is 0. The molecule has 1 saturated heterocycles. The molecule has 0 unspecified atom stereocenters. The maximum absolute atomic E-state index is 5.65. The summed E-state index contributed by atoms with van der Waals surface area (Å²) >= 11 is 5.65. The number of nitrogens with one attached hydrogen (secondary N) is 2. The number of hydrogen-bond donors (Lipinski definition) is 2. The fourth-order valence-electron chi connectivity index (χ4n) is 3.28. The summed E-state index contributed by atoms with van der Waals surface area (Å²) in [5, 5.41) is 4.17. The molecule has 1 aliphatic rings. The number of pyridine rings is 2. The van der Waals surface area contributed by atoms with Gasteiger partial charge in [0.25, 0.3) is 0 Å². The molecular weight excluding hydrogens is 330 g/mol. The summed E-state index contributed by atoms with van der Waals surface area (Å²) in [6.45, 7) is 2.71. The molecule has 126 valence electrons. The summed E-state index contributed by atoms with van der Waals surface area (Å²) in [7, 11) is 0. The summed E-state index contributed by atoms with van der Waals surface area (Å²) in [4.78, 5) is 14.6. The van der Waals surface area contributed by atoms with Crippen molar-refractivity contribution in [1.29, 1.82) is 0 Å². The first kappa shape index (κ1) is 15.8. The van der Waals surface area contributed by atoms with Gasteiger partial charge in [-0.2, -0.15) is 0 Å². The van der Waals surface area contributed by atoms with E-state index in [1.807, 2.05) is 48.8 Å². The number of rotatable bonds is 4. The molecule has 3 aromatic heterocycles. The van der Waals surface area contributed by atoms with E-state index in [-0.39, 0.29) is 12.1 Å². The highest BCUT2D eigenvalue weighted by atomic mass is 32.1. The molecule has 0 radical (unpaired) electrons. The Kier molecular flexibility index (Phi) is 4.19. The Hall–Kier alpha value is -2.73. The molecule has 2 N–H and O–H groups in total. The van der Waals surface area contributed by atoms with E-state index in [0.717, 1.165) is 27.9 Å². The summed E-state index contributed by atoms with van der Waals surface area (Å²) in [6, 6.07) is 16.2. The zero-order chi connectivity index (χ0) is 17.2. The summed E-state index contributed by atoms with van der Waals surface area (Å²) < 4.78 is 0. The minimum Gasteiger partial charge on any atom is -0.361 e. The van der Waals surface area contributed by atoms with Crippen molar-refractivity contribution >= 4 is 17.3 Å². The third-order valence-electron chi connectivity index (χ3n) is 4.43. The lowest BCUT2D eigenvalue weighted by Gasteiger charge is -2.26. The number of H-pyrrole nitrogens is 1. The maximum Gasteiger partial charge on any atom is 0.170 e. The molecule has 1 aliphatic heterocycles. The van der Waals surface area contributed by atoms with Crippen LogP contribution in [0.25, 0.3) is 0 Å². The van der Waals surface area contributed by atoms with Crippen molar-refractivity contribution in [3.63, 3.8) is 0 Å². The van der Waals surface area contributed by atoms with Crippen LogP contribution >= 0.6 is 12.2 Å². The number of aryl methyl sites for hydroxylation is 1. The standard InChI is InChI=1S/C19H19N5S/c1-13-8-9-16(22-13)18-17(15-7-3-5-11-21-15)23-19(25)24(18)12-14-6-2-4-10-20-14/h2-11,17-18,22H,12H2,1H3,(H,23,25)/t17-,18-/m0/s1. The second-order valence-corrected chi connectivity index (χ2v) is 6.56. The van der Waals surface area contributed by atoms with Crippen molar-refractivity contribution in [2.45, 2.75) is 25.6 Å². The fourth-order valence-corrected chi connectivity index (χ4v) is 3.58. The van der Waals surface area contributed by atoms with Gasteiger partial charge in [-0.05, 0) is 55.5 Å².